The van der Waals surface area contributed by atoms with Crippen LogP contribution in [0.25, 0.3) is 0 Å². The van der Waals surface area contributed by atoms with Crippen LogP contribution in [-0.2, 0) is 4.74 Å². The Morgan fingerprint density at radius 1 is 1.33 bits per heavy atom. The summed E-state index contributed by atoms with van der Waals surface area (Å²) in [7, 11) is 0. The van der Waals surface area contributed by atoms with E-state index >= 15 is 0 Å². The van der Waals surface area contributed by atoms with Gasteiger partial charge in [-0.2, -0.15) is 0 Å². The lowest BCUT2D eigenvalue weighted by Gasteiger charge is -2.34. The molecule has 1 N–H and O–H groups in total. The number of urea groups is 1. The molecule has 1 fully saturated rings. The van der Waals surface area contributed by atoms with Gasteiger partial charge >= 0.3 is 6.03 Å². The van der Waals surface area contributed by atoms with Gasteiger partial charge < -0.3 is 15.0 Å². The predicted octanol–water partition coefficient (Wildman–Crippen LogP) is 4.20. The molecule has 142 valence electrons. The van der Waals surface area contributed by atoms with Gasteiger partial charge in [-0.05, 0) is 30.2 Å². The van der Waals surface area contributed by atoms with Gasteiger partial charge in [0, 0.05) is 23.2 Å². The first-order valence-electron chi connectivity index (χ1n) is 8.61. The Morgan fingerprint density at radius 2 is 2.11 bits per heavy atom. The van der Waals surface area contributed by atoms with Crippen molar-refractivity contribution < 1.29 is 14.5 Å². The zero-order chi connectivity index (χ0) is 19.4. The molecule has 0 bridgehead atoms. The topological polar surface area (TPSA) is 84.7 Å². The predicted molar refractivity (Wildman–Crippen MR) is 104 cm³/mol. The number of ether oxygens (including phenoxy) is 1. The van der Waals surface area contributed by atoms with Crippen LogP contribution in [0.2, 0.25) is 0 Å². The van der Waals surface area contributed by atoms with Crippen molar-refractivity contribution in [2.75, 3.05) is 19.7 Å². The molecule has 7 nitrogen and oxygen atoms in total. The van der Waals surface area contributed by atoms with E-state index in [2.05, 4.69) is 21.2 Å². The number of nitro benzene ring substituents is 1. The Balaban J connectivity index is 1.65. The van der Waals surface area contributed by atoms with Gasteiger partial charge in [0.2, 0.25) is 0 Å². The minimum Gasteiger partial charge on any atom is -0.370 e. The number of carbonyl (C=O) groups excluding carboxylic acids is 1. The van der Waals surface area contributed by atoms with E-state index in [1.807, 2.05) is 31.2 Å². The fourth-order valence-electron chi connectivity index (χ4n) is 3.01. The highest BCUT2D eigenvalue weighted by Crippen LogP contribution is 2.25. The minimum atomic E-state index is -0.442. The van der Waals surface area contributed by atoms with Crippen LogP contribution in [0.3, 0.4) is 0 Å². The Bertz CT molecular complexity index is 845. The number of hydrogen-bond acceptors (Lipinski definition) is 4. The number of halogens is 1. The summed E-state index contributed by atoms with van der Waals surface area (Å²) >= 11 is 3.45. The van der Waals surface area contributed by atoms with Crippen LogP contribution in [0.4, 0.5) is 10.5 Å². The highest BCUT2D eigenvalue weighted by atomic mass is 79.9. The highest BCUT2D eigenvalue weighted by molar-refractivity contribution is 9.10. The Hall–Kier alpha value is -2.45. The summed E-state index contributed by atoms with van der Waals surface area (Å²) in [5.74, 6) is 0. The molecule has 2 unspecified atom stereocenters. The number of nitrogens with one attached hydrogen (secondary N) is 1. The van der Waals surface area contributed by atoms with E-state index in [1.165, 1.54) is 12.1 Å². The molecule has 0 aromatic heterocycles. The average molecular weight is 434 g/mol. The summed E-state index contributed by atoms with van der Waals surface area (Å²) in [6.45, 7) is 3.21. The van der Waals surface area contributed by atoms with Crippen LogP contribution < -0.4 is 5.32 Å². The summed E-state index contributed by atoms with van der Waals surface area (Å²) in [5, 5.41) is 13.8. The summed E-state index contributed by atoms with van der Waals surface area (Å²) in [6, 6.07) is 13.6. The number of morpholine rings is 1. The second-order valence-electron chi connectivity index (χ2n) is 6.38. The molecule has 0 aliphatic carbocycles. The second kappa shape index (κ2) is 8.49. The number of rotatable bonds is 4. The molecule has 3 rings (SSSR count). The molecule has 0 spiro atoms. The van der Waals surface area contributed by atoms with Gasteiger partial charge in [0.1, 0.15) is 6.10 Å². The van der Waals surface area contributed by atoms with E-state index in [1.54, 1.807) is 17.0 Å². The fraction of sp³-hybridized carbons (Fsp3) is 0.316. The van der Waals surface area contributed by atoms with Gasteiger partial charge in [-0.25, -0.2) is 4.79 Å². The number of hydrogen-bond donors (Lipinski definition) is 1. The number of non-ortho nitro benzene ring substituents is 1. The number of nitrogens with zero attached hydrogens (tertiary/aromatic N) is 2. The van der Waals surface area contributed by atoms with E-state index in [0.29, 0.717) is 25.3 Å². The lowest BCUT2D eigenvalue weighted by atomic mass is 10.1. The Morgan fingerprint density at radius 3 is 2.85 bits per heavy atom. The minimum absolute atomic E-state index is 0.00897. The van der Waals surface area contributed by atoms with Crippen molar-refractivity contribution in [2.24, 2.45) is 0 Å². The van der Waals surface area contributed by atoms with E-state index in [9.17, 15) is 14.9 Å². The van der Waals surface area contributed by atoms with Crippen LogP contribution in [0.1, 0.15) is 30.2 Å². The van der Waals surface area contributed by atoms with Gasteiger partial charge in [-0.15, -0.1) is 0 Å². The third-order valence-electron chi connectivity index (χ3n) is 4.50. The second-order valence-corrected chi connectivity index (χ2v) is 7.30. The van der Waals surface area contributed by atoms with E-state index in [0.717, 1.165) is 10.0 Å². The molecule has 1 heterocycles. The van der Waals surface area contributed by atoms with Crippen LogP contribution in [0.15, 0.2) is 53.0 Å². The van der Waals surface area contributed by atoms with Gasteiger partial charge in [0.25, 0.3) is 5.69 Å². The van der Waals surface area contributed by atoms with Crippen molar-refractivity contribution in [1.82, 2.24) is 10.2 Å². The first-order valence-corrected chi connectivity index (χ1v) is 9.40. The van der Waals surface area contributed by atoms with Gasteiger partial charge in [0.15, 0.2) is 0 Å². The highest BCUT2D eigenvalue weighted by Gasteiger charge is 2.26. The van der Waals surface area contributed by atoms with Crippen molar-refractivity contribution in [2.45, 2.75) is 19.1 Å². The molecule has 8 heteroatoms. The van der Waals surface area contributed by atoms with E-state index < -0.39 is 4.92 Å². The monoisotopic (exact) mass is 433 g/mol. The average Bonchev–Trinajstić information content (AvgIpc) is 2.68. The van der Waals surface area contributed by atoms with Crippen molar-refractivity contribution >= 4 is 27.6 Å². The maximum absolute atomic E-state index is 12.7. The lowest BCUT2D eigenvalue weighted by molar-refractivity contribution is -0.384. The summed E-state index contributed by atoms with van der Waals surface area (Å²) < 4.78 is 6.78. The first kappa shape index (κ1) is 19.3. The molecule has 0 saturated carbocycles. The lowest BCUT2D eigenvalue weighted by Crippen LogP contribution is -2.47. The fourth-order valence-corrected chi connectivity index (χ4v) is 3.43. The number of amides is 2. The Labute approximate surface area is 165 Å². The molecule has 0 radical (unpaired) electrons. The molecular weight excluding hydrogens is 414 g/mol. The summed E-state index contributed by atoms with van der Waals surface area (Å²) in [4.78, 5) is 24.9. The Kier molecular flexibility index (Phi) is 6.08. The zero-order valence-corrected chi connectivity index (χ0v) is 16.4. The number of nitro groups is 1. The van der Waals surface area contributed by atoms with E-state index in [-0.39, 0.29) is 23.9 Å². The van der Waals surface area contributed by atoms with Crippen LogP contribution in [-0.4, -0.2) is 35.6 Å². The maximum atomic E-state index is 12.7. The van der Waals surface area contributed by atoms with Gasteiger partial charge in [0.05, 0.1) is 24.1 Å². The summed E-state index contributed by atoms with van der Waals surface area (Å²) in [5.41, 5.74) is 1.71. The molecule has 1 aliphatic heterocycles. The largest absolute Gasteiger partial charge is 0.370 e. The molecule has 27 heavy (non-hydrogen) atoms. The quantitative estimate of drug-likeness (QED) is 0.578. The van der Waals surface area contributed by atoms with Crippen LogP contribution in [0.5, 0.6) is 0 Å². The molecule has 1 saturated heterocycles. The SMILES string of the molecule is CC(NC(=O)N1CCOC(c2cccc(Br)c2)C1)c1cccc([N+](=O)[O-])c1. The standard InChI is InChI=1S/C19H20BrN3O4/c1-13(14-4-3-7-17(11-14)23(25)26)21-19(24)22-8-9-27-18(12-22)15-5-2-6-16(20)10-15/h2-7,10-11,13,18H,8-9,12H2,1H3,(H,21,24). The van der Waals surface area contributed by atoms with Crippen molar-refractivity contribution in [3.05, 3.63) is 74.2 Å². The molecule has 1 aliphatic rings. The molecule has 2 aromatic carbocycles. The van der Waals surface area contributed by atoms with Crippen molar-refractivity contribution in [1.29, 1.82) is 0 Å². The number of benzene rings is 2. The smallest absolute Gasteiger partial charge is 0.318 e. The first-order chi connectivity index (χ1) is 12.9. The van der Waals surface area contributed by atoms with E-state index in [4.69, 9.17) is 4.74 Å². The normalized spacial score (nSPS) is 18.0. The van der Waals surface area contributed by atoms with Crippen molar-refractivity contribution in [3.8, 4) is 0 Å². The summed E-state index contributed by atoms with van der Waals surface area (Å²) in [6.07, 6.45) is -0.185. The molecule has 2 atom stereocenters. The van der Waals surface area contributed by atoms with Crippen LogP contribution >= 0.6 is 15.9 Å². The van der Waals surface area contributed by atoms with Gasteiger partial charge in [-0.3, -0.25) is 10.1 Å². The third-order valence-corrected chi connectivity index (χ3v) is 4.99. The molecule has 2 amide bonds. The van der Waals surface area contributed by atoms with Crippen molar-refractivity contribution in [3.63, 3.8) is 0 Å². The molecule has 2 aromatic rings. The third kappa shape index (κ3) is 4.84. The number of carbonyl (C=O) groups is 1. The van der Waals surface area contributed by atoms with Gasteiger partial charge in [-0.1, -0.05) is 40.2 Å². The zero-order valence-electron chi connectivity index (χ0n) is 14.8. The maximum Gasteiger partial charge on any atom is 0.318 e. The van der Waals surface area contributed by atoms with Crippen LogP contribution in [0, 0.1) is 10.1 Å². The molecular formula is C19H20BrN3O4.